The van der Waals surface area contributed by atoms with Crippen molar-refractivity contribution in [1.29, 1.82) is 0 Å². The number of para-hydroxylation sites is 1. The van der Waals surface area contributed by atoms with Gasteiger partial charge in [-0.1, -0.05) is 25.1 Å². The first kappa shape index (κ1) is 13.3. The van der Waals surface area contributed by atoms with Gasteiger partial charge in [0.05, 0.1) is 7.11 Å². The minimum absolute atomic E-state index is 0.0166. The Morgan fingerprint density at radius 1 is 1.37 bits per heavy atom. The van der Waals surface area contributed by atoms with Crippen molar-refractivity contribution >= 4 is 5.78 Å². The van der Waals surface area contributed by atoms with Gasteiger partial charge in [-0.05, 0) is 12.5 Å². The Morgan fingerprint density at radius 3 is 2.89 bits per heavy atom. The molecule has 0 bridgehead atoms. The Balaban J connectivity index is 2.18. The average molecular weight is 258 g/mol. The molecule has 0 unspecified atom stereocenters. The lowest BCUT2D eigenvalue weighted by atomic mass is 10.1. The first-order valence-electron chi connectivity index (χ1n) is 6.42. The van der Waals surface area contributed by atoms with Crippen LogP contribution in [0.5, 0.6) is 5.75 Å². The Bertz CT molecular complexity index is 561. The summed E-state index contributed by atoms with van der Waals surface area (Å²) >= 11 is 0. The third-order valence-corrected chi connectivity index (χ3v) is 2.97. The molecule has 0 saturated heterocycles. The molecule has 0 saturated carbocycles. The molecule has 1 heterocycles. The second-order valence-corrected chi connectivity index (χ2v) is 4.36. The number of rotatable bonds is 6. The number of nitrogens with zero attached hydrogens (tertiary/aromatic N) is 2. The largest absolute Gasteiger partial charge is 0.496 e. The number of aryl methyl sites for hydroxylation is 1. The average Bonchev–Trinajstić information content (AvgIpc) is 2.88. The molecule has 0 N–H and O–H groups in total. The number of Topliss-reactive ketones (excluding diaryl/α,β-unsaturated/α-hetero) is 1. The van der Waals surface area contributed by atoms with E-state index in [0.29, 0.717) is 12.2 Å². The third kappa shape index (κ3) is 3.02. The van der Waals surface area contributed by atoms with Crippen LogP contribution in [0.15, 0.2) is 36.7 Å². The molecule has 100 valence electrons. The van der Waals surface area contributed by atoms with Crippen LogP contribution in [0, 0.1) is 0 Å². The molecule has 2 rings (SSSR count). The molecule has 0 fully saturated rings. The van der Waals surface area contributed by atoms with E-state index in [0.717, 1.165) is 24.3 Å². The van der Waals surface area contributed by atoms with Crippen LogP contribution in [0.3, 0.4) is 0 Å². The monoisotopic (exact) mass is 258 g/mol. The summed E-state index contributed by atoms with van der Waals surface area (Å²) < 4.78 is 7.16. The summed E-state index contributed by atoms with van der Waals surface area (Å²) in [6.07, 6.45) is 4.81. The fraction of sp³-hybridized carbons (Fsp3) is 0.333. The van der Waals surface area contributed by atoms with Crippen molar-refractivity contribution in [3.05, 3.63) is 48.0 Å². The van der Waals surface area contributed by atoms with E-state index in [2.05, 4.69) is 11.9 Å². The van der Waals surface area contributed by atoms with Crippen LogP contribution in [0.1, 0.15) is 29.5 Å². The molecule has 0 amide bonds. The van der Waals surface area contributed by atoms with E-state index in [1.807, 2.05) is 35.0 Å². The highest BCUT2D eigenvalue weighted by Gasteiger charge is 2.15. The Labute approximate surface area is 113 Å². The third-order valence-electron chi connectivity index (χ3n) is 2.97. The molecule has 0 aliphatic heterocycles. The molecular weight excluding hydrogens is 240 g/mol. The molecular formula is C15H18N2O2. The molecule has 19 heavy (non-hydrogen) atoms. The van der Waals surface area contributed by atoms with E-state index in [1.165, 1.54) is 0 Å². The number of ketones is 1. The van der Waals surface area contributed by atoms with Crippen molar-refractivity contribution in [3.8, 4) is 5.75 Å². The second kappa shape index (κ2) is 6.18. The van der Waals surface area contributed by atoms with Crippen LogP contribution in [-0.4, -0.2) is 22.4 Å². The fourth-order valence-corrected chi connectivity index (χ4v) is 2.08. The van der Waals surface area contributed by atoms with Crippen LogP contribution in [0.4, 0.5) is 0 Å². The highest BCUT2D eigenvalue weighted by molar-refractivity contribution is 5.94. The minimum atomic E-state index is 0.0166. The lowest BCUT2D eigenvalue weighted by Crippen LogP contribution is -2.13. The van der Waals surface area contributed by atoms with Crippen LogP contribution in [-0.2, 0) is 13.0 Å². The summed E-state index contributed by atoms with van der Waals surface area (Å²) in [4.78, 5) is 16.5. The highest BCUT2D eigenvalue weighted by atomic mass is 16.5. The molecule has 0 radical (unpaired) electrons. The zero-order valence-electron chi connectivity index (χ0n) is 11.3. The second-order valence-electron chi connectivity index (χ2n) is 4.36. The molecule has 1 aromatic heterocycles. The van der Waals surface area contributed by atoms with Gasteiger partial charge in [0.15, 0.2) is 5.82 Å². The number of imidazole rings is 1. The Hall–Kier alpha value is -2.10. The highest BCUT2D eigenvalue weighted by Crippen LogP contribution is 2.19. The van der Waals surface area contributed by atoms with Crippen molar-refractivity contribution in [2.45, 2.75) is 26.3 Å². The van der Waals surface area contributed by atoms with Gasteiger partial charge in [0, 0.05) is 30.9 Å². The van der Waals surface area contributed by atoms with Gasteiger partial charge >= 0.3 is 0 Å². The SMILES string of the molecule is CCCn1ccnc1C(=O)Cc1ccccc1OC. The van der Waals surface area contributed by atoms with Crippen LogP contribution >= 0.6 is 0 Å². The van der Waals surface area contributed by atoms with Crippen molar-refractivity contribution in [2.75, 3.05) is 7.11 Å². The summed E-state index contributed by atoms with van der Waals surface area (Å²) in [5.41, 5.74) is 0.890. The molecule has 1 aromatic carbocycles. The molecule has 0 aliphatic carbocycles. The fourth-order valence-electron chi connectivity index (χ4n) is 2.08. The molecule has 0 spiro atoms. The zero-order valence-corrected chi connectivity index (χ0v) is 11.3. The Kier molecular flexibility index (Phi) is 4.34. The topological polar surface area (TPSA) is 44.1 Å². The van der Waals surface area contributed by atoms with Gasteiger partial charge in [-0.3, -0.25) is 4.79 Å². The van der Waals surface area contributed by atoms with Crippen LogP contribution in [0.25, 0.3) is 0 Å². The smallest absolute Gasteiger partial charge is 0.202 e. The summed E-state index contributed by atoms with van der Waals surface area (Å²) in [7, 11) is 1.61. The van der Waals surface area contributed by atoms with Gasteiger partial charge in [-0.2, -0.15) is 0 Å². The van der Waals surface area contributed by atoms with Gasteiger partial charge in [0.25, 0.3) is 0 Å². The van der Waals surface area contributed by atoms with Crippen molar-refractivity contribution < 1.29 is 9.53 Å². The minimum Gasteiger partial charge on any atom is -0.496 e. The van der Waals surface area contributed by atoms with Gasteiger partial charge < -0.3 is 9.30 Å². The number of hydrogen-bond acceptors (Lipinski definition) is 3. The van der Waals surface area contributed by atoms with Gasteiger partial charge in [-0.15, -0.1) is 0 Å². The molecule has 4 nitrogen and oxygen atoms in total. The van der Waals surface area contributed by atoms with Crippen LogP contribution < -0.4 is 4.74 Å². The lowest BCUT2D eigenvalue weighted by Gasteiger charge is -2.08. The summed E-state index contributed by atoms with van der Waals surface area (Å²) in [6, 6.07) is 7.57. The van der Waals surface area contributed by atoms with E-state index >= 15 is 0 Å². The molecule has 0 aliphatic rings. The van der Waals surface area contributed by atoms with Gasteiger partial charge in [0.2, 0.25) is 5.78 Å². The first-order chi connectivity index (χ1) is 9.26. The maximum Gasteiger partial charge on any atom is 0.202 e. The number of benzene rings is 1. The molecule has 2 aromatic rings. The number of hydrogen-bond donors (Lipinski definition) is 0. The number of ether oxygens (including phenoxy) is 1. The van der Waals surface area contributed by atoms with Crippen molar-refractivity contribution in [2.24, 2.45) is 0 Å². The van der Waals surface area contributed by atoms with E-state index in [-0.39, 0.29) is 5.78 Å². The van der Waals surface area contributed by atoms with Crippen molar-refractivity contribution in [3.63, 3.8) is 0 Å². The predicted molar refractivity (Wildman–Crippen MR) is 73.5 cm³/mol. The standard InChI is InChI=1S/C15H18N2O2/c1-3-9-17-10-8-16-15(17)13(18)11-12-6-4-5-7-14(12)19-2/h4-8,10H,3,9,11H2,1-2H3. The van der Waals surface area contributed by atoms with Crippen molar-refractivity contribution in [1.82, 2.24) is 9.55 Å². The number of carbonyl (C=O) groups excluding carboxylic acids is 1. The predicted octanol–water partition coefficient (Wildman–Crippen LogP) is 2.73. The maximum atomic E-state index is 12.3. The number of aromatic nitrogens is 2. The first-order valence-corrected chi connectivity index (χ1v) is 6.42. The maximum absolute atomic E-state index is 12.3. The van der Waals surface area contributed by atoms with Crippen LogP contribution in [0.2, 0.25) is 0 Å². The lowest BCUT2D eigenvalue weighted by molar-refractivity contribution is 0.0978. The normalized spacial score (nSPS) is 10.4. The van der Waals surface area contributed by atoms with Gasteiger partial charge in [-0.25, -0.2) is 4.98 Å². The zero-order chi connectivity index (χ0) is 13.7. The molecule has 0 atom stereocenters. The summed E-state index contributed by atoms with van der Waals surface area (Å²) in [5, 5.41) is 0. The van der Waals surface area contributed by atoms with E-state index < -0.39 is 0 Å². The van der Waals surface area contributed by atoms with E-state index in [4.69, 9.17) is 4.74 Å². The molecule has 4 heteroatoms. The number of methoxy groups -OCH3 is 1. The van der Waals surface area contributed by atoms with E-state index in [9.17, 15) is 4.79 Å². The quantitative estimate of drug-likeness (QED) is 0.748. The van der Waals surface area contributed by atoms with Gasteiger partial charge in [0.1, 0.15) is 5.75 Å². The summed E-state index contributed by atoms with van der Waals surface area (Å²) in [6.45, 7) is 2.89. The summed E-state index contributed by atoms with van der Waals surface area (Å²) in [5.74, 6) is 1.28. The Morgan fingerprint density at radius 2 is 2.16 bits per heavy atom. The number of carbonyl (C=O) groups is 1. The van der Waals surface area contributed by atoms with E-state index in [1.54, 1.807) is 13.3 Å².